The van der Waals surface area contributed by atoms with Crippen LogP contribution in [-0.4, -0.2) is 86.7 Å². The van der Waals surface area contributed by atoms with E-state index in [-0.39, 0.29) is 46.8 Å². The van der Waals surface area contributed by atoms with Gasteiger partial charge in [0.05, 0.1) is 42.1 Å². The van der Waals surface area contributed by atoms with E-state index in [9.17, 15) is 39.9 Å². The van der Waals surface area contributed by atoms with Gasteiger partial charge in [0, 0.05) is 42.0 Å². The van der Waals surface area contributed by atoms with Gasteiger partial charge in [-0.3, -0.25) is 14.4 Å². The second-order valence-electron chi connectivity index (χ2n) is 10.2. The summed E-state index contributed by atoms with van der Waals surface area (Å²) < 4.78 is 17.0. The first-order chi connectivity index (χ1) is 18.4. The summed E-state index contributed by atoms with van der Waals surface area (Å²) >= 11 is 0. The number of fused-ring (bicyclic) bond motifs is 3. The molecule has 216 valence electrons. The van der Waals surface area contributed by atoms with Crippen LogP contribution in [0.25, 0.3) is 0 Å². The molecule has 0 saturated carbocycles. The van der Waals surface area contributed by atoms with Gasteiger partial charge in [-0.15, -0.1) is 0 Å². The van der Waals surface area contributed by atoms with E-state index >= 15 is 0 Å². The van der Waals surface area contributed by atoms with E-state index in [1.165, 1.54) is 25.3 Å². The standard InChI is InChI=1S/C27H29NO11.ClH/c1-10-22(31)13(28)6-17(38-10)39-15-8-27(36,16(30)9-29)7-12-19(15)26(35)21-20(24(12)33)23(32)11-4-3-5-14(37-2)18(11)25(21)34;/h3-5,10,13,15,17,22,29,31,33,35-36H,6-9,28H2,1-2H3;1H/p-1/t10?,13?,15?,17?,22?,27-;/m0./s1. The number of rotatable bonds is 5. The number of ether oxygens (including phenoxy) is 3. The topological polar surface area (TPSA) is 206 Å². The molecule has 6 atom stereocenters. The fourth-order valence-corrected chi connectivity index (χ4v) is 5.75. The molecule has 0 amide bonds. The van der Waals surface area contributed by atoms with Crippen LogP contribution in [0, 0.1) is 0 Å². The lowest BCUT2D eigenvalue weighted by Crippen LogP contribution is -3.00. The van der Waals surface area contributed by atoms with Crippen LogP contribution in [0.15, 0.2) is 18.2 Å². The molecule has 3 aliphatic rings. The van der Waals surface area contributed by atoms with Gasteiger partial charge in [-0.1, -0.05) is 12.1 Å². The highest BCUT2D eigenvalue weighted by atomic mass is 35.5. The maximum absolute atomic E-state index is 13.6. The Morgan fingerprint density at radius 2 is 1.82 bits per heavy atom. The smallest absolute Gasteiger partial charge is 0.202 e. The van der Waals surface area contributed by atoms with Crippen molar-refractivity contribution in [3.05, 3.63) is 51.6 Å². The molecule has 5 rings (SSSR count). The third kappa shape index (κ3) is 4.45. The molecule has 1 heterocycles. The number of aliphatic hydroxyl groups is 3. The Bertz CT molecular complexity index is 1380. The normalized spacial score (nSPS) is 29.1. The number of aliphatic hydroxyl groups excluding tert-OH is 2. The predicted octanol–water partition coefficient (Wildman–Crippen LogP) is -2.99. The molecule has 1 fully saturated rings. The SMILES string of the molecule is COc1cccc2c1C(=O)c1c(O)c3c(c(O)c1C2=O)C[C@@](O)(C(=O)CO)CC3OC1CC(N)C(O)C(C)O1.[Cl-]. The lowest BCUT2D eigenvalue weighted by atomic mass is 9.72. The molecule has 0 aromatic heterocycles. The van der Waals surface area contributed by atoms with Crippen LogP contribution < -0.4 is 22.9 Å². The zero-order valence-electron chi connectivity index (χ0n) is 21.6. The third-order valence-corrected chi connectivity index (χ3v) is 7.81. The molecule has 13 heteroatoms. The van der Waals surface area contributed by atoms with Gasteiger partial charge in [-0.25, -0.2) is 0 Å². The first-order valence-electron chi connectivity index (χ1n) is 12.4. The van der Waals surface area contributed by atoms with Crippen molar-refractivity contribution >= 4 is 17.3 Å². The Morgan fingerprint density at radius 1 is 1.15 bits per heavy atom. The van der Waals surface area contributed by atoms with Crippen LogP contribution in [0.5, 0.6) is 17.2 Å². The number of nitrogens with two attached hydrogens (primary N) is 1. The summed E-state index contributed by atoms with van der Waals surface area (Å²) in [6.07, 6.45) is -5.12. The molecule has 2 aromatic carbocycles. The number of phenolic OH excluding ortho intramolecular Hbond substituents is 2. The lowest BCUT2D eigenvalue weighted by molar-refractivity contribution is -0.247. The average Bonchev–Trinajstić information content (AvgIpc) is 2.90. The van der Waals surface area contributed by atoms with Crippen molar-refractivity contribution in [3.63, 3.8) is 0 Å². The minimum absolute atomic E-state index is 0. The van der Waals surface area contributed by atoms with E-state index in [0.717, 1.165) is 0 Å². The van der Waals surface area contributed by atoms with Gasteiger partial charge in [0.15, 0.2) is 17.9 Å². The largest absolute Gasteiger partial charge is 1.00 e. The van der Waals surface area contributed by atoms with Crippen LogP contribution in [0.3, 0.4) is 0 Å². The number of methoxy groups -OCH3 is 1. The molecule has 40 heavy (non-hydrogen) atoms. The zero-order chi connectivity index (χ0) is 28.4. The van der Waals surface area contributed by atoms with Gasteiger partial charge in [-0.05, 0) is 13.0 Å². The second-order valence-corrected chi connectivity index (χ2v) is 10.2. The Morgan fingerprint density at radius 3 is 2.45 bits per heavy atom. The van der Waals surface area contributed by atoms with E-state index in [1.54, 1.807) is 6.92 Å². The predicted molar refractivity (Wildman–Crippen MR) is 132 cm³/mol. The van der Waals surface area contributed by atoms with Crippen molar-refractivity contribution in [1.29, 1.82) is 0 Å². The van der Waals surface area contributed by atoms with Crippen molar-refractivity contribution in [2.24, 2.45) is 5.73 Å². The van der Waals surface area contributed by atoms with Gasteiger partial charge in [0.25, 0.3) is 0 Å². The van der Waals surface area contributed by atoms with E-state index in [4.69, 9.17) is 19.9 Å². The summed E-state index contributed by atoms with van der Waals surface area (Å²) in [6.45, 7) is 0.560. The van der Waals surface area contributed by atoms with Crippen LogP contribution in [0.4, 0.5) is 0 Å². The van der Waals surface area contributed by atoms with Crippen LogP contribution in [-0.2, 0) is 20.7 Å². The quantitative estimate of drug-likeness (QED) is 0.168. The van der Waals surface area contributed by atoms with Gasteiger partial charge < -0.3 is 57.9 Å². The van der Waals surface area contributed by atoms with Gasteiger partial charge in [0.2, 0.25) is 5.78 Å². The summed E-state index contributed by atoms with van der Waals surface area (Å²) in [5.41, 5.74) is 2.37. The van der Waals surface area contributed by atoms with Crippen LogP contribution in [0.1, 0.15) is 68.8 Å². The number of benzene rings is 2. The number of hydrogen-bond donors (Lipinski definition) is 6. The number of Topliss-reactive ketones (excluding diaryl/α,β-unsaturated/α-hetero) is 1. The monoisotopic (exact) mass is 578 g/mol. The summed E-state index contributed by atoms with van der Waals surface area (Å²) in [4.78, 5) is 39.7. The summed E-state index contributed by atoms with van der Waals surface area (Å²) in [6, 6.07) is 3.64. The fraction of sp³-hybridized carbons (Fsp3) is 0.444. The molecular weight excluding hydrogens is 550 g/mol. The number of aromatic hydroxyl groups is 2. The molecule has 1 saturated heterocycles. The minimum atomic E-state index is -2.24. The molecular formula is C27H29ClNO11-. The Labute approximate surface area is 234 Å². The number of carbonyl (C=O) groups is 3. The van der Waals surface area contributed by atoms with Gasteiger partial charge >= 0.3 is 0 Å². The van der Waals surface area contributed by atoms with E-state index in [2.05, 4.69) is 0 Å². The van der Waals surface area contributed by atoms with Crippen molar-refractivity contribution in [2.75, 3.05) is 13.7 Å². The fourth-order valence-electron chi connectivity index (χ4n) is 5.75. The third-order valence-electron chi connectivity index (χ3n) is 7.81. The lowest BCUT2D eigenvalue weighted by Gasteiger charge is -2.42. The van der Waals surface area contributed by atoms with Crippen molar-refractivity contribution in [3.8, 4) is 17.2 Å². The molecule has 5 unspecified atom stereocenters. The van der Waals surface area contributed by atoms with Crippen molar-refractivity contribution in [1.82, 2.24) is 0 Å². The number of phenols is 2. The molecule has 1 aliphatic heterocycles. The Balaban J connectivity index is 0.00000370. The highest BCUT2D eigenvalue weighted by molar-refractivity contribution is 6.31. The minimum Gasteiger partial charge on any atom is -1.00 e. The number of hydrogen-bond acceptors (Lipinski definition) is 12. The highest BCUT2D eigenvalue weighted by Crippen LogP contribution is 2.52. The van der Waals surface area contributed by atoms with Gasteiger partial charge in [0.1, 0.15) is 29.5 Å². The van der Waals surface area contributed by atoms with E-state index < -0.39 is 95.7 Å². The molecule has 0 spiro atoms. The summed E-state index contributed by atoms with van der Waals surface area (Å²) in [7, 11) is 1.32. The molecule has 0 radical (unpaired) electrons. The van der Waals surface area contributed by atoms with Crippen molar-refractivity contribution in [2.45, 2.75) is 62.4 Å². The Hall–Kier alpha value is -3.10. The maximum atomic E-state index is 13.6. The molecule has 0 bridgehead atoms. The highest BCUT2D eigenvalue weighted by Gasteiger charge is 2.50. The number of halogens is 1. The van der Waals surface area contributed by atoms with Crippen LogP contribution >= 0.6 is 0 Å². The molecule has 12 nitrogen and oxygen atoms in total. The van der Waals surface area contributed by atoms with E-state index in [1.807, 2.05) is 0 Å². The van der Waals surface area contributed by atoms with Gasteiger partial charge in [-0.2, -0.15) is 0 Å². The summed E-state index contributed by atoms with van der Waals surface area (Å²) in [5.74, 6) is -3.77. The zero-order valence-corrected chi connectivity index (χ0v) is 22.3. The second kappa shape index (κ2) is 10.7. The summed E-state index contributed by atoms with van der Waals surface area (Å²) in [5, 5.41) is 53.7. The number of ketones is 3. The first kappa shape index (κ1) is 29.9. The van der Waals surface area contributed by atoms with E-state index in [0.29, 0.717) is 0 Å². The molecule has 2 aromatic rings. The average molecular weight is 579 g/mol. The number of carbonyl (C=O) groups excluding carboxylic acids is 3. The first-order valence-corrected chi connectivity index (χ1v) is 12.4. The Kier molecular flexibility index (Phi) is 8.00. The van der Waals surface area contributed by atoms with Crippen molar-refractivity contribution < 1.29 is 66.5 Å². The molecule has 2 aliphatic carbocycles. The molecule has 7 N–H and O–H groups in total. The van der Waals surface area contributed by atoms with Crippen LogP contribution in [0.2, 0.25) is 0 Å². The maximum Gasteiger partial charge on any atom is 0.202 e.